The largest absolute Gasteiger partial charge is 0.464 e. The Morgan fingerprint density at radius 2 is 1.88 bits per heavy atom. The minimum atomic E-state index is -0.398. The summed E-state index contributed by atoms with van der Waals surface area (Å²) in [6.45, 7) is 9.83. The lowest BCUT2D eigenvalue weighted by molar-refractivity contribution is 0.0585. The molecular formula is C18H26ClN5O2. The standard InChI is InChI=1S/C18H25N5O2.ClH/c1-14-5-4-6-16(15(14)2)22-10-7-21(8-11-22)9-12-23-17(13-19-20-23)18(24)25-3;/h4-6,13H,7-12H2,1-3H3;1H. The Balaban J connectivity index is 0.00000243. The van der Waals surface area contributed by atoms with Crippen molar-refractivity contribution in [1.29, 1.82) is 0 Å². The minimum absolute atomic E-state index is 0. The highest BCUT2D eigenvalue weighted by Gasteiger charge is 2.20. The number of benzene rings is 1. The van der Waals surface area contributed by atoms with Crippen molar-refractivity contribution < 1.29 is 9.53 Å². The Morgan fingerprint density at radius 3 is 2.58 bits per heavy atom. The maximum absolute atomic E-state index is 11.7. The molecule has 2 heterocycles. The van der Waals surface area contributed by atoms with Crippen LogP contribution in [0.15, 0.2) is 24.4 Å². The van der Waals surface area contributed by atoms with E-state index < -0.39 is 5.97 Å². The van der Waals surface area contributed by atoms with Crippen molar-refractivity contribution in [3.63, 3.8) is 0 Å². The van der Waals surface area contributed by atoms with Gasteiger partial charge in [-0.15, -0.1) is 17.5 Å². The normalized spacial score (nSPS) is 14.8. The third-order valence-electron chi connectivity index (χ3n) is 4.93. The molecular weight excluding hydrogens is 354 g/mol. The lowest BCUT2D eigenvalue weighted by Gasteiger charge is -2.37. The third-order valence-corrected chi connectivity index (χ3v) is 4.93. The van der Waals surface area contributed by atoms with E-state index in [9.17, 15) is 4.79 Å². The smallest absolute Gasteiger partial charge is 0.358 e. The van der Waals surface area contributed by atoms with Crippen molar-refractivity contribution >= 4 is 24.1 Å². The molecule has 0 atom stereocenters. The minimum Gasteiger partial charge on any atom is -0.464 e. The van der Waals surface area contributed by atoms with Crippen molar-refractivity contribution in [3.05, 3.63) is 41.2 Å². The Hall–Kier alpha value is -2.12. The molecule has 8 heteroatoms. The van der Waals surface area contributed by atoms with Crippen molar-refractivity contribution in [2.45, 2.75) is 20.4 Å². The van der Waals surface area contributed by atoms with Gasteiger partial charge in [0.15, 0.2) is 5.69 Å². The summed E-state index contributed by atoms with van der Waals surface area (Å²) in [4.78, 5) is 16.5. The zero-order chi connectivity index (χ0) is 17.8. The molecule has 0 bridgehead atoms. The van der Waals surface area contributed by atoms with Crippen LogP contribution in [0.4, 0.5) is 5.69 Å². The first kappa shape index (κ1) is 20.2. The van der Waals surface area contributed by atoms with E-state index in [-0.39, 0.29) is 12.4 Å². The number of hydrogen-bond acceptors (Lipinski definition) is 6. The fourth-order valence-electron chi connectivity index (χ4n) is 3.21. The molecule has 7 nitrogen and oxygen atoms in total. The first-order chi connectivity index (χ1) is 12.1. The molecule has 0 saturated carbocycles. The van der Waals surface area contributed by atoms with Gasteiger partial charge in [0.05, 0.1) is 19.9 Å². The SMILES string of the molecule is COC(=O)c1cnnn1CCN1CCN(c2cccc(C)c2C)CC1.Cl. The monoisotopic (exact) mass is 379 g/mol. The van der Waals surface area contributed by atoms with Gasteiger partial charge in [-0.3, -0.25) is 4.90 Å². The summed E-state index contributed by atoms with van der Waals surface area (Å²) < 4.78 is 6.36. The molecule has 1 aromatic heterocycles. The molecule has 1 aliphatic heterocycles. The summed E-state index contributed by atoms with van der Waals surface area (Å²) in [5, 5.41) is 7.79. The topological polar surface area (TPSA) is 63.5 Å². The quantitative estimate of drug-likeness (QED) is 0.740. The Kier molecular flexibility index (Phi) is 6.99. The number of aromatic nitrogens is 3. The summed E-state index contributed by atoms with van der Waals surface area (Å²) in [6.07, 6.45) is 1.45. The number of aryl methyl sites for hydroxylation is 1. The maximum Gasteiger partial charge on any atom is 0.358 e. The Bertz CT molecular complexity index is 741. The van der Waals surface area contributed by atoms with Gasteiger partial charge < -0.3 is 9.64 Å². The van der Waals surface area contributed by atoms with Crippen LogP contribution in [0.3, 0.4) is 0 Å². The number of carbonyl (C=O) groups excluding carboxylic acids is 1. The van der Waals surface area contributed by atoms with E-state index in [1.54, 1.807) is 4.68 Å². The number of rotatable bonds is 5. The second-order valence-electron chi connectivity index (χ2n) is 6.38. The Labute approximate surface area is 160 Å². The molecule has 1 saturated heterocycles. The molecule has 1 fully saturated rings. The number of carbonyl (C=O) groups is 1. The lowest BCUT2D eigenvalue weighted by atomic mass is 10.1. The zero-order valence-corrected chi connectivity index (χ0v) is 16.3. The van der Waals surface area contributed by atoms with Crippen LogP contribution < -0.4 is 4.90 Å². The second-order valence-corrected chi connectivity index (χ2v) is 6.38. The first-order valence-corrected chi connectivity index (χ1v) is 8.60. The highest BCUT2D eigenvalue weighted by atomic mass is 35.5. The summed E-state index contributed by atoms with van der Waals surface area (Å²) in [5.41, 5.74) is 4.43. The molecule has 0 N–H and O–H groups in total. The second kappa shape index (κ2) is 9.00. The van der Waals surface area contributed by atoms with Crippen LogP contribution in [-0.4, -0.2) is 65.7 Å². The van der Waals surface area contributed by atoms with Crippen molar-refractivity contribution in [1.82, 2.24) is 19.9 Å². The van der Waals surface area contributed by atoms with E-state index in [1.807, 2.05) is 0 Å². The van der Waals surface area contributed by atoms with Crippen LogP contribution in [0.1, 0.15) is 21.6 Å². The number of nitrogens with zero attached hydrogens (tertiary/aromatic N) is 5. The highest BCUT2D eigenvalue weighted by molar-refractivity contribution is 5.86. The predicted octanol–water partition coefficient (Wildman–Crippen LogP) is 1.93. The van der Waals surface area contributed by atoms with Gasteiger partial charge in [-0.05, 0) is 31.0 Å². The van der Waals surface area contributed by atoms with Crippen LogP contribution in [0, 0.1) is 13.8 Å². The molecule has 2 aromatic rings. The lowest BCUT2D eigenvalue weighted by Crippen LogP contribution is -2.47. The van der Waals surface area contributed by atoms with Gasteiger partial charge in [0.25, 0.3) is 0 Å². The van der Waals surface area contributed by atoms with Gasteiger partial charge >= 0.3 is 5.97 Å². The molecule has 26 heavy (non-hydrogen) atoms. The first-order valence-electron chi connectivity index (χ1n) is 8.60. The zero-order valence-electron chi connectivity index (χ0n) is 15.5. The average molecular weight is 380 g/mol. The molecule has 3 rings (SSSR count). The Morgan fingerprint density at radius 1 is 1.15 bits per heavy atom. The highest BCUT2D eigenvalue weighted by Crippen LogP contribution is 2.23. The van der Waals surface area contributed by atoms with E-state index >= 15 is 0 Å². The van der Waals surface area contributed by atoms with Crippen molar-refractivity contribution in [2.24, 2.45) is 0 Å². The molecule has 0 amide bonds. The predicted molar refractivity (Wildman–Crippen MR) is 103 cm³/mol. The molecule has 0 unspecified atom stereocenters. The van der Waals surface area contributed by atoms with E-state index in [4.69, 9.17) is 4.74 Å². The van der Waals surface area contributed by atoms with Crippen LogP contribution in [0.5, 0.6) is 0 Å². The number of piperazine rings is 1. The number of hydrogen-bond donors (Lipinski definition) is 0. The van der Waals surface area contributed by atoms with Gasteiger partial charge in [-0.1, -0.05) is 17.3 Å². The van der Waals surface area contributed by atoms with Gasteiger partial charge in [-0.2, -0.15) is 0 Å². The fourth-order valence-corrected chi connectivity index (χ4v) is 3.21. The molecule has 0 spiro atoms. The van der Waals surface area contributed by atoms with Crippen LogP contribution in [-0.2, 0) is 11.3 Å². The molecule has 1 aromatic carbocycles. The van der Waals surface area contributed by atoms with E-state index in [0.717, 1.165) is 32.7 Å². The van der Waals surface area contributed by atoms with Crippen LogP contribution >= 0.6 is 12.4 Å². The van der Waals surface area contributed by atoms with Crippen LogP contribution in [0.2, 0.25) is 0 Å². The number of methoxy groups -OCH3 is 1. The molecule has 0 aliphatic carbocycles. The summed E-state index contributed by atoms with van der Waals surface area (Å²) in [7, 11) is 1.37. The van der Waals surface area contributed by atoms with Gasteiger partial charge in [0.2, 0.25) is 0 Å². The molecule has 142 valence electrons. The summed E-state index contributed by atoms with van der Waals surface area (Å²) in [5.74, 6) is -0.398. The molecule has 0 radical (unpaired) electrons. The average Bonchev–Trinajstić information content (AvgIpc) is 3.11. The number of esters is 1. The fraction of sp³-hybridized carbons (Fsp3) is 0.500. The van der Waals surface area contributed by atoms with E-state index in [0.29, 0.717) is 12.2 Å². The van der Waals surface area contributed by atoms with Gasteiger partial charge in [-0.25, -0.2) is 9.48 Å². The molecule has 1 aliphatic rings. The van der Waals surface area contributed by atoms with Gasteiger partial charge in [0.1, 0.15) is 0 Å². The van der Waals surface area contributed by atoms with Gasteiger partial charge in [0, 0.05) is 38.4 Å². The van der Waals surface area contributed by atoms with E-state index in [2.05, 4.69) is 52.2 Å². The van der Waals surface area contributed by atoms with Crippen LogP contribution in [0.25, 0.3) is 0 Å². The maximum atomic E-state index is 11.7. The van der Waals surface area contributed by atoms with E-state index in [1.165, 1.54) is 30.1 Å². The number of halogens is 1. The third kappa shape index (κ3) is 4.34. The van der Waals surface area contributed by atoms with Crippen molar-refractivity contribution in [2.75, 3.05) is 44.7 Å². The number of ether oxygens (including phenoxy) is 1. The number of anilines is 1. The summed E-state index contributed by atoms with van der Waals surface area (Å²) >= 11 is 0. The van der Waals surface area contributed by atoms with Crippen molar-refractivity contribution in [3.8, 4) is 0 Å². The summed E-state index contributed by atoms with van der Waals surface area (Å²) in [6, 6.07) is 6.49.